The highest BCUT2D eigenvalue weighted by Crippen LogP contribution is 2.33. The highest BCUT2D eigenvalue weighted by atomic mass is 16.5. The molecule has 8 nitrogen and oxygen atoms in total. The van der Waals surface area contributed by atoms with Gasteiger partial charge in [-0.15, -0.1) is 10.2 Å². The third-order valence-corrected chi connectivity index (χ3v) is 4.22. The summed E-state index contributed by atoms with van der Waals surface area (Å²) in [5.74, 6) is 0.609. The molecule has 8 heteroatoms. The van der Waals surface area contributed by atoms with Gasteiger partial charge in [-0.05, 0) is 37.1 Å². The summed E-state index contributed by atoms with van der Waals surface area (Å²) in [5, 5.41) is 16.9. The molecule has 0 fully saturated rings. The average molecular weight is 367 g/mol. The van der Waals surface area contributed by atoms with Crippen molar-refractivity contribution in [3.05, 3.63) is 59.4 Å². The van der Waals surface area contributed by atoms with E-state index in [1.807, 2.05) is 43.3 Å². The Kier molecular flexibility index (Phi) is 5.65. The standard InChI is InChI=1S/C19H21N5O3/c1-12-7-9-14(10-8-12)20-19(25)15(18-21-23-24-22-18)11-13-5-4-6-16(26-2)17(13)27-3/h4-10,15H,11H2,1-3H3,(H,20,25)(H,21,22,23,24). The lowest BCUT2D eigenvalue weighted by molar-refractivity contribution is -0.117. The van der Waals surface area contributed by atoms with Gasteiger partial charge in [-0.3, -0.25) is 4.79 Å². The Hall–Kier alpha value is -3.42. The molecule has 0 saturated carbocycles. The second-order valence-corrected chi connectivity index (χ2v) is 6.03. The molecule has 27 heavy (non-hydrogen) atoms. The van der Waals surface area contributed by atoms with E-state index in [9.17, 15) is 4.79 Å². The fourth-order valence-electron chi connectivity index (χ4n) is 2.82. The molecule has 3 rings (SSSR count). The molecule has 2 N–H and O–H groups in total. The topological polar surface area (TPSA) is 102 Å². The second-order valence-electron chi connectivity index (χ2n) is 6.03. The first-order chi connectivity index (χ1) is 13.1. The number of aromatic nitrogens is 4. The van der Waals surface area contributed by atoms with E-state index in [0.717, 1.165) is 11.1 Å². The van der Waals surface area contributed by atoms with Crippen LogP contribution in [0, 0.1) is 6.92 Å². The molecular formula is C19H21N5O3. The normalized spacial score (nSPS) is 11.7. The number of benzene rings is 2. The predicted molar refractivity (Wildman–Crippen MR) is 100.0 cm³/mol. The van der Waals surface area contributed by atoms with Gasteiger partial charge in [-0.25, -0.2) is 0 Å². The van der Waals surface area contributed by atoms with Crippen molar-refractivity contribution in [2.45, 2.75) is 19.3 Å². The van der Waals surface area contributed by atoms with Crippen molar-refractivity contribution in [3.8, 4) is 11.5 Å². The molecule has 1 unspecified atom stereocenters. The van der Waals surface area contributed by atoms with Crippen LogP contribution in [0.25, 0.3) is 0 Å². The number of hydrogen-bond acceptors (Lipinski definition) is 6. The number of H-pyrrole nitrogens is 1. The number of anilines is 1. The number of rotatable bonds is 7. The Labute approximate surface area is 156 Å². The smallest absolute Gasteiger partial charge is 0.235 e. The molecule has 0 aliphatic rings. The van der Waals surface area contributed by atoms with Crippen LogP contribution in [-0.2, 0) is 11.2 Å². The van der Waals surface area contributed by atoms with Crippen LogP contribution in [-0.4, -0.2) is 40.8 Å². The zero-order chi connectivity index (χ0) is 19.2. The van der Waals surface area contributed by atoms with Gasteiger partial charge >= 0.3 is 0 Å². The Bertz CT molecular complexity index is 894. The zero-order valence-electron chi connectivity index (χ0n) is 15.4. The minimum atomic E-state index is -0.647. The van der Waals surface area contributed by atoms with E-state index in [1.54, 1.807) is 20.3 Å². The third-order valence-electron chi connectivity index (χ3n) is 4.22. The lowest BCUT2D eigenvalue weighted by atomic mass is 9.96. The van der Waals surface area contributed by atoms with E-state index in [-0.39, 0.29) is 5.91 Å². The van der Waals surface area contributed by atoms with Gasteiger partial charge < -0.3 is 14.8 Å². The van der Waals surface area contributed by atoms with Gasteiger partial charge in [0.1, 0.15) is 5.92 Å². The van der Waals surface area contributed by atoms with Crippen LogP contribution >= 0.6 is 0 Å². The lowest BCUT2D eigenvalue weighted by Crippen LogP contribution is -2.24. The van der Waals surface area contributed by atoms with Gasteiger partial charge in [0.25, 0.3) is 0 Å². The van der Waals surface area contributed by atoms with Gasteiger partial charge in [-0.1, -0.05) is 35.0 Å². The van der Waals surface area contributed by atoms with Crippen molar-refractivity contribution in [2.24, 2.45) is 0 Å². The maximum atomic E-state index is 12.9. The molecule has 0 spiro atoms. The van der Waals surface area contributed by atoms with E-state index < -0.39 is 5.92 Å². The molecule has 1 amide bonds. The number of nitrogens with zero attached hydrogens (tertiary/aromatic N) is 3. The number of amides is 1. The summed E-state index contributed by atoms with van der Waals surface area (Å²) < 4.78 is 10.8. The van der Waals surface area contributed by atoms with Crippen LogP contribution in [0.3, 0.4) is 0 Å². The first-order valence-corrected chi connectivity index (χ1v) is 8.43. The van der Waals surface area contributed by atoms with Crippen molar-refractivity contribution in [2.75, 3.05) is 19.5 Å². The minimum Gasteiger partial charge on any atom is -0.493 e. The van der Waals surface area contributed by atoms with Crippen LogP contribution in [0.2, 0.25) is 0 Å². The number of nitrogens with one attached hydrogen (secondary N) is 2. The van der Waals surface area contributed by atoms with Crippen molar-refractivity contribution < 1.29 is 14.3 Å². The summed E-state index contributed by atoms with van der Waals surface area (Å²) in [5.41, 5.74) is 2.63. The molecule has 0 radical (unpaired) electrons. The molecule has 140 valence electrons. The molecule has 1 aromatic heterocycles. The molecule has 0 bridgehead atoms. The fraction of sp³-hybridized carbons (Fsp3) is 0.263. The van der Waals surface area contributed by atoms with Crippen molar-refractivity contribution in [3.63, 3.8) is 0 Å². The van der Waals surface area contributed by atoms with Crippen LogP contribution in [0.4, 0.5) is 5.69 Å². The van der Waals surface area contributed by atoms with Crippen LogP contribution in [0.5, 0.6) is 11.5 Å². The Morgan fingerprint density at radius 3 is 2.56 bits per heavy atom. The van der Waals surface area contributed by atoms with Gasteiger partial charge in [0.05, 0.1) is 14.2 Å². The number of ether oxygens (including phenoxy) is 2. The summed E-state index contributed by atoms with van der Waals surface area (Å²) in [7, 11) is 3.14. The number of tetrazole rings is 1. The fourth-order valence-corrected chi connectivity index (χ4v) is 2.82. The van der Waals surface area contributed by atoms with Crippen molar-refractivity contribution >= 4 is 11.6 Å². The SMILES string of the molecule is COc1cccc(CC(C(=O)Nc2ccc(C)cc2)c2nn[nH]n2)c1OC. The number of hydrogen-bond donors (Lipinski definition) is 2. The maximum Gasteiger partial charge on any atom is 0.235 e. The van der Waals surface area contributed by atoms with E-state index in [4.69, 9.17) is 9.47 Å². The Morgan fingerprint density at radius 1 is 1.15 bits per heavy atom. The molecule has 0 aliphatic heterocycles. The number of aryl methyl sites for hydroxylation is 1. The van der Waals surface area contributed by atoms with E-state index in [1.165, 1.54) is 0 Å². The van der Waals surface area contributed by atoms with Crippen LogP contribution in [0.15, 0.2) is 42.5 Å². The van der Waals surface area contributed by atoms with Crippen molar-refractivity contribution in [1.29, 1.82) is 0 Å². The molecule has 3 aromatic rings. The van der Waals surface area contributed by atoms with E-state index in [0.29, 0.717) is 29.4 Å². The van der Waals surface area contributed by atoms with Crippen LogP contribution in [0.1, 0.15) is 22.9 Å². The Morgan fingerprint density at radius 2 is 1.93 bits per heavy atom. The van der Waals surface area contributed by atoms with E-state index >= 15 is 0 Å². The number of para-hydroxylation sites is 1. The maximum absolute atomic E-state index is 12.9. The predicted octanol–water partition coefficient (Wildman–Crippen LogP) is 2.49. The number of aromatic amines is 1. The zero-order valence-corrected chi connectivity index (χ0v) is 15.4. The summed E-state index contributed by atoms with van der Waals surface area (Å²) in [6.07, 6.45) is 0.331. The summed E-state index contributed by atoms with van der Waals surface area (Å²) in [6, 6.07) is 13.1. The van der Waals surface area contributed by atoms with Gasteiger partial charge in [0.15, 0.2) is 17.3 Å². The number of carbonyl (C=O) groups is 1. The number of carbonyl (C=O) groups excluding carboxylic acids is 1. The van der Waals surface area contributed by atoms with Crippen molar-refractivity contribution in [1.82, 2.24) is 20.6 Å². The first-order valence-electron chi connectivity index (χ1n) is 8.43. The highest BCUT2D eigenvalue weighted by molar-refractivity contribution is 5.95. The molecule has 2 aromatic carbocycles. The molecule has 1 atom stereocenters. The first kappa shape index (κ1) is 18.4. The van der Waals surface area contributed by atoms with E-state index in [2.05, 4.69) is 25.9 Å². The summed E-state index contributed by atoms with van der Waals surface area (Å²) >= 11 is 0. The lowest BCUT2D eigenvalue weighted by Gasteiger charge is -2.17. The second kappa shape index (κ2) is 8.31. The number of methoxy groups -OCH3 is 2. The molecule has 1 heterocycles. The molecule has 0 aliphatic carbocycles. The summed E-state index contributed by atoms with van der Waals surface area (Å²) in [4.78, 5) is 12.9. The largest absolute Gasteiger partial charge is 0.493 e. The molecule has 0 saturated heterocycles. The van der Waals surface area contributed by atoms with Gasteiger partial charge in [0, 0.05) is 5.69 Å². The van der Waals surface area contributed by atoms with Gasteiger partial charge in [-0.2, -0.15) is 5.21 Å². The third kappa shape index (κ3) is 4.22. The quantitative estimate of drug-likeness (QED) is 0.665. The summed E-state index contributed by atoms with van der Waals surface area (Å²) in [6.45, 7) is 1.99. The average Bonchev–Trinajstić information content (AvgIpc) is 3.21. The van der Waals surface area contributed by atoms with Crippen LogP contribution < -0.4 is 14.8 Å². The molecular weight excluding hydrogens is 346 g/mol. The minimum absolute atomic E-state index is 0.231. The van der Waals surface area contributed by atoms with Gasteiger partial charge in [0.2, 0.25) is 5.91 Å². The Balaban J connectivity index is 1.89. The monoisotopic (exact) mass is 367 g/mol. The highest BCUT2D eigenvalue weighted by Gasteiger charge is 2.27.